The Labute approximate surface area is 187 Å². The van der Waals surface area contributed by atoms with Crippen LogP contribution in [0.25, 0.3) is 21.9 Å². The molecule has 0 saturated carbocycles. The first-order chi connectivity index (χ1) is 15.6. The number of benzene rings is 4. The lowest BCUT2D eigenvalue weighted by Gasteiger charge is -2.10. The number of fused-ring (bicyclic) bond motifs is 1. The Morgan fingerprint density at radius 1 is 0.939 bits per heavy atom. The van der Waals surface area contributed by atoms with Crippen LogP contribution in [0.3, 0.4) is 0 Å². The van der Waals surface area contributed by atoms with Crippen molar-refractivity contribution >= 4 is 43.6 Å². The molecule has 4 N–H and O–H groups in total. The largest absolute Gasteiger partial charge is 0.505 e. The lowest BCUT2D eigenvalue weighted by molar-refractivity contribution is -0.384. The van der Waals surface area contributed by atoms with E-state index in [2.05, 4.69) is 10.2 Å². The zero-order chi connectivity index (χ0) is 23.8. The number of aromatic hydroxyl groups is 1. The van der Waals surface area contributed by atoms with Crippen LogP contribution in [0.2, 0.25) is 0 Å². The van der Waals surface area contributed by atoms with Gasteiger partial charge >= 0.3 is 0 Å². The van der Waals surface area contributed by atoms with Gasteiger partial charge in [0.25, 0.3) is 15.8 Å². The molecule has 0 saturated heterocycles. The molecule has 0 radical (unpaired) electrons. The van der Waals surface area contributed by atoms with E-state index in [1.165, 1.54) is 36.4 Å². The minimum Gasteiger partial charge on any atom is -0.505 e. The van der Waals surface area contributed by atoms with Crippen molar-refractivity contribution in [3.8, 4) is 16.9 Å². The predicted molar refractivity (Wildman–Crippen MR) is 123 cm³/mol. The first kappa shape index (κ1) is 21.9. The maximum absolute atomic E-state index is 12.0. The molecule has 0 bridgehead atoms. The fourth-order valence-electron chi connectivity index (χ4n) is 3.34. The topological polar surface area (TPSA) is 168 Å². The number of hydrogen-bond donors (Lipinski definition) is 3. The van der Waals surface area contributed by atoms with Gasteiger partial charge in [-0.15, -0.1) is 10.2 Å². The highest BCUT2D eigenvalue weighted by Crippen LogP contribution is 2.42. The van der Waals surface area contributed by atoms with Crippen LogP contribution >= 0.6 is 0 Å². The summed E-state index contributed by atoms with van der Waals surface area (Å²) >= 11 is 0. The van der Waals surface area contributed by atoms with Gasteiger partial charge in [0.2, 0.25) is 0 Å². The van der Waals surface area contributed by atoms with Gasteiger partial charge in [-0.05, 0) is 41.3 Å². The van der Waals surface area contributed by atoms with E-state index in [4.69, 9.17) is 5.73 Å². The van der Waals surface area contributed by atoms with Gasteiger partial charge < -0.3 is 10.8 Å². The van der Waals surface area contributed by atoms with Crippen LogP contribution in [0.4, 0.5) is 22.7 Å². The highest BCUT2D eigenvalue weighted by molar-refractivity contribution is 7.86. The molecular weight excluding hydrogens is 448 g/mol. The molecule has 0 aliphatic carbocycles. The molecule has 11 heteroatoms. The standard InChI is InChI=1S/C22H16N4O6S/c23-15-6-8-17-14(10-15)11-20(33(30,31)32)21(22(17)27)25-24-19-9-7-16(26(28)29)12-18(19)13-4-2-1-3-5-13/h1-12,27H,23H2,(H,30,31,32). The Morgan fingerprint density at radius 3 is 2.33 bits per heavy atom. The number of anilines is 1. The molecule has 33 heavy (non-hydrogen) atoms. The molecule has 0 aromatic heterocycles. The zero-order valence-corrected chi connectivity index (χ0v) is 17.6. The Bertz CT molecular complexity index is 1540. The van der Waals surface area contributed by atoms with Crippen molar-refractivity contribution in [3.05, 3.63) is 82.9 Å². The third kappa shape index (κ3) is 4.35. The highest BCUT2D eigenvalue weighted by atomic mass is 32.2. The Hall–Kier alpha value is -4.35. The number of nitrogens with two attached hydrogens (primary N) is 1. The monoisotopic (exact) mass is 464 g/mol. The summed E-state index contributed by atoms with van der Waals surface area (Å²) < 4.78 is 33.7. The van der Waals surface area contributed by atoms with E-state index in [-0.39, 0.29) is 22.1 Å². The lowest BCUT2D eigenvalue weighted by Crippen LogP contribution is -1.99. The molecule has 0 atom stereocenters. The van der Waals surface area contributed by atoms with Crippen molar-refractivity contribution in [2.24, 2.45) is 10.2 Å². The quantitative estimate of drug-likeness (QED) is 0.117. The van der Waals surface area contributed by atoms with Crippen molar-refractivity contribution in [2.45, 2.75) is 4.90 Å². The van der Waals surface area contributed by atoms with E-state index in [9.17, 15) is 28.2 Å². The molecular formula is C22H16N4O6S. The molecule has 4 aromatic carbocycles. The summed E-state index contributed by atoms with van der Waals surface area (Å²) in [5.74, 6) is -0.521. The fraction of sp³-hybridized carbons (Fsp3) is 0. The number of nitrogen functional groups attached to an aromatic ring is 1. The van der Waals surface area contributed by atoms with Crippen LogP contribution in [0.5, 0.6) is 5.75 Å². The fourth-order valence-corrected chi connectivity index (χ4v) is 4.00. The third-order valence-electron chi connectivity index (χ3n) is 4.89. The van der Waals surface area contributed by atoms with Gasteiger partial charge in [0.1, 0.15) is 10.6 Å². The van der Waals surface area contributed by atoms with Crippen molar-refractivity contribution in [1.29, 1.82) is 0 Å². The van der Waals surface area contributed by atoms with E-state index in [1.807, 2.05) is 0 Å². The molecule has 0 aliphatic heterocycles. The molecule has 10 nitrogen and oxygen atoms in total. The number of non-ortho nitro benzene ring substituents is 1. The number of azo groups is 1. The zero-order valence-electron chi connectivity index (χ0n) is 16.8. The number of nitrogens with zero attached hydrogens (tertiary/aromatic N) is 3. The molecule has 0 amide bonds. The van der Waals surface area contributed by atoms with Gasteiger partial charge in [-0.2, -0.15) is 8.42 Å². The van der Waals surface area contributed by atoms with Gasteiger partial charge in [-0.3, -0.25) is 14.7 Å². The molecule has 4 aromatic rings. The van der Waals surface area contributed by atoms with E-state index < -0.39 is 31.4 Å². The smallest absolute Gasteiger partial charge is 0.296 e. The average Bonchev–Trinajstić information content (AvgIpc) is 2.78. The highest BCUT2D eigenvalue weighted by Gasteiger charge is 2.22. The SMILES string of the molecule is Nc1ccc2c(O)c(N=Nc3ccc([N+](=O)[O-])cc3-c3ccccc3)c(S(=O)(=O)O)cc2c1. The van der Waals surface area contributed by atoms with Gasteiger partial charge in [0, 0.05) is 28.8 Å². The summed E-state index contributed by atoms with van der Waals surface area (Å²) in [7, 11) is -4.79. The summed E-state index contributed by atoms with van der Waals surface area (Å²) in [6, 6.07) is 18.2. The number of phenols is 1. The third-order valence-corrected chi connectivity index (χ3v) is 5.75. The van der Waals surface area contributed by atoms with Gasteiger partial charge in [0.15, 0.2) is 5.75 Å². The summed E-state index contributed by atoms with van der Waals surface area (Å²) in [6.07, 6.45) is 0. The van der Waals surface area contributed by atoms with Crippen LogP contribution < -0.4 is 5.73 Å². The molecule has 0 heterocycles. The second-order valence-corrected chi connectivity index (χ2v) is 8.44. The van der Waals surface area contributed by atoms with Crippen LogP contribution in [0.15, 0.2) is 87.9 Å². The van der Waals surface area contributed by atoms with Crippen molar-refractivity contribution < 1.29 is 23.0 Å². The summed E-state index contributed by atoms with van der Waals surface area (Å²) in [4.78, 5) is 10.0. The summed E-state index contributed by atoms with van der Waals surface area (Å²) in [5, 5.41) is 30.4. The van der Waals surface area contributed by atoms with Crippen LogP contribution in [0, 0.1) is 10.1 Å². The van der Waals surface area contributed by atoms with E-state index >= 15 is 0 Å². The number of rotatable bonds is 5. The molecule has 0 aliphatic rings. The second-order valence-electron chi connectivity index (χ2n) is 7.05. The Morgan fingerprint density at radius 2 is 1.67 bits per heavy atom. The molecule has 166 valence electrons. The number of nitro benzene ring substituents is 1. The molecule has 0 spiro atoms. The lowest BCUT2D eigenvalue weighted by atomic mass is 10.0. The summed E-state index contributed by atoms with van der Waals surface area (Å²) in [6.45, 7) is 0. The normalized spacial score (nSPS) is 11.8. The maximum atomic E-state index is 12.0. The number of nitro groups is 1. The molecule has 0 fully saturated rings. The molecule has 4 rings (SSSR count). The van der Waals surface area contributed by atoms with Crippen LogP contribution in [-0.2, 0) is 10.1 Å². The predicted octanol–water partition coefficient (Wildman–Crippen LogP) is 5.36. The Kier molecular flexibility index (Phi) is 5.50. The molecule has 0 unspecified atom stereocenters. The van der Waals surface area contributed by atoms with E-state index in [0.29, 0.717) is 16.8 Å². The maximum Gasteiger partial charge on any atom is 0.296 e. The Balaban J connectivity index is 1.93. The van der Waals surface area contributed by atoms with Gasteiger partial charge in [-0.1, -0.05) is 30.3 Å². The van der Waals surface area contributed by atoms with E-state index in [0.717, 1.165) is 6.07 Å². The number of hydrogen-bond acceptors (Lipinski definition) is 8. The van der Waals surface area contributed by atoms with Crippen molar-refractivity contribution in [3.63, 3.8) is 0 Å². The van der Waals surface area contributed by atoms with Crippen LogP contribution in [-0.4, -0.2) is 23.0 Å². The van der Waals surface area contributed by atoms with E-state index in [1.54, 1.807) is 30.3 Å². The van der Waals surface area contributed by atoms with Gasteiger partial charge in [-0.25, -0.2) is 0 Å². The average molecular weight is 464 g/mol. The minimum absolute atomic E-state index is 0.169. The van der Waals surface area contributed by atoms with Crippen molar-refractivity contribution in [1.82, 2.24) is 0 Å². The second kappa shape index (κ2) is 8.30. The van der Waals surface area contributed by atoms with Gasteiger partial charge in [0.05, 0.1) is 10.6 Å². The van der Waals surface area contributed by atoms with Crippen LogP contribution in [0.1, 0.15) is 0 Å². The summed E-state index contributed by atoms with van der Waals surface area (Å²) in [5.41, 5.74) is 6.58. The minimum atomic E-state index is -4.79. The first-order valence-electron chi connectivity index (χ1n) is 9.43. The first-order valence-corrected chi connectivity index (χ1v) is 10.9. The van der Waals surface area contributed by atoms with Crippen molar-refractivity contribution in [2.75, 3.05) is 5.73 Å². The number of phenolic OH excluding ortho intramolecular Hbond substituents is 1.